The first-order valence-corrected chi connectivity index (χ1v) is 2.68. The summed E-state index contributed by atoms with van der Waals surface area (Å²) in [5.74, 6) is 0. The van der Waals surface area contributed by atoms with Gasteiger partial charge in [-0.1, -0.05) is 23.3 Å². The predicted molar refractivity (Wildman–Crippen MR) is 35.3 cm³/mol. The van der Waals surface area contributed by atoms with Crippen molar-refractivity contribution in [1.82, 2.24) is 0 Å². The van der Waals surface area contributed by atoms with Crippen LogP contribution in [0.3, 0.4) is 0 Å². The first kappa shape index (κ1) is 5.92. The van der Waals surface area contributed by atoms with E-state index in [1.54, 1.807) is 6.08 Å². The molecule has 0 bridgehead atoms. The Morgan fingerprint density at radius 1 is 1.67 bits per heavy atom. The van der Waals surface area contributed by atoms with Crippen LogP contribution in [0, 0.1) is 6.42 Å². The molecule has 0 saturated carbocycles. The van der Waals surface area contributed by atoms with Crippen molar-refractivity contribution in [1.29, 1.82) is 0 Å². The molecule has 0 saturated heterocycles. The van der Waals surface area contributed by atoms with Gasteiger partial charge in [0.15, 0.2) is 0 Å². The lowest BCUT2D eigenvalue weighted by Crippen LogP contribution is -1.81. The number of hydrogen-bond donors (Lipinski definition) is 0. The van der Waals surface area contributed by atoms with Crippen LogP contribution in [0.2, 0.25) is 0 Å². The van der Waals surface area contributed by atoms with Crippen LogP contribution >= 0.6 is 0 Å². The van der Waals surface area contributed by atoms with Crippen LogP contribution < -0.4 is 0 Å². The SMILES string of the molecule is [N-]=[N+]=NC1=CC=CC[CH]1. The highest BCUT2D eigenvalue weighted by Crippen LogP contribution is 2.10. The number of azide groups is 1. The molecule has 45 valence electrons. The first-order chi connectivity index (χ1) is 4.43. The van der Waals surface area contributed by atoms with Crippen molar-refractivity contribution in [3.05, 3.63) is 40.8 Å². The third-order valence-electron chi connectivity index (χ3n) is 1.03. The second kappa shape index (κ2) is 2.95. The van der Waals surface area contributed by atoms with E-state index in [1.165, 1.54) is 0 Å². The maximum Gasteiger partial charge on any atom is 0.0190 e. The monoisotopic (exact) mass is 120 g/mol. The fourth-order valence-corrected chi connectivity index (χ4v) is 0.628. The fraction of sp³-hybridized carbons (Fsp3) is 0.167. The molecule has 0 N–H and O–H groups in total. The summed E-state index contributed by atoms with van der Waals surface area (Å²) in [6.07, 6.45) is 8.40. The van der Waals surface area contributed by atoms with Crippen LogP contribution in [0.5, 0.6) is 0 Å². The van der Waals surface area contributed by atoms with Crippen molar-refractivity contribution < 1.29 is 0 Å². The molecule has 0 aromatic rings. The largest absolute Gasteiger partial charge is 0.0839 e. The summed E-state index contributed by atoms with van der Waals surface area (Å²) in [5.41, 5.74) is 8.70. The Labute approximate surface area is 53.3 Å². The number of allylic oxidation sites excluding steroid dienone is 4. The smallest absolute Gasteiger partial charge is 0.0190 e. The first-order valence-electron chi connectivity index (χ1n) is 2.68. The van der Waals surface area contributed by atoms with E-state index in [2.05, 4.69) is 10.0 Å². The molecule has 1 aliphatic carbocycles. The lowest BCUT2D eigenvalue weighted by Gasteiger charge is -1.98. The number of rotatable bonds is 1. The van der Waals surface area contributed by atoms with E-state index in [4.69, 9.17) is 5.53 Å². The van der Waals surface area contributed by atoms with Gasteiger partial charge >= 0.3 is 0 Å². The van der Waals surface area contributed by atoms with Crippen molar-refractivity contribution in [2.75, 3.05) is 0 Å². The van der Waals surface area contributed by atoms with E-state index in [0.29, 0.717) is 5.70 Å². The number of nitrogens with zero attached hydrogens (tertiary/aromatic N) is 3. The van der Waals surface area contributed by atoms with E-state index >= 15 is 0 Å². The summed E-state index contributed by atoms with van der Waals surface area (Å²) in [4.78, 5) is 2.65. The average molecular weight is 120 g/mol. The summed E-state index contributed by atoms with van der Waals surface area (Å²) >= 11 is 0. The Balaban J connectivity index is 2.68. The molecule has 9 heavy (non-hydrogen) atoms. The Bertz CT molecular complexity index is 196. The predicted octanol–water partition coefficient (Wildman–Crippen LogP) is 2.34. The summed E-state index contributed by atoms with van der Waals surface area (Å²) in [5, 5.41) is 3.42. The second-order valence-electron chi connectivity index (χ2n) is 1.65. The van der Waals surface area contributed by atoms with E-state index in [9.17, 15) is 0 Å². The van der Waals surface area contributed by atoms with Gasteiger partial charge in [-0.25, -0.2) is 0 Å². The molecule has 0 spiro atoms. The average Bonchev–Trinajstić information content (AvgIpc) is 1.91. The Hall–Kier alpha value is -1.21. The van der Waals surface area contributed by atoms with Crippen molar-refractivity contribution in [2.24, 2.45) is 5.11 Å². The third kappa shape index (κ3) is 1.63. The van der Waals surface area contributed by atoms with Gasteiger partial charge in [0, 0.05) is 10.6 Å². The van der Waals surface area contributed by atoms with Crippen LogP contribution in [0.4, 0.5) is 0 Å². The summed E-state index contributed by atoms with van der Waals surface area (Å²) < 4.78 is 0. The lowest BCUT2D eigenvalue weighted by atomic mass is 10.1. The van der Waals surface area contributed by atoms with Gasteiger partial charge in [0.05, 0.1) is 0 Å². The minimum Gasteiger partial charge on any atom is -0.0839 e. The standard InChI is InChI=1S/C6H6N3/c7-9-8-6-4-2-1-3-5-6/h1-2,4-5H,3H2. The Morgan fingerprint density at radius 2 is 2.56 bits per heavy atom. The van der Waals surface area contributed by atoms with Gasteiger partial charge in [-0.05, 0) is 18.4 Å². The molecule has 0 aromatic heterocycles. The van der Waals surface area contributed by atoms with E-state index in [0.717, 1.165) is 6.42 Å². The molecule has 0 fully saturated rings. The van der Waals surface area contributed by atoms with Gasteiger partial charge in [0.1, 0.15) is 0 Å². The minimum absolute atomic E-state index is 0.708. The van der Waals surface area contributed by atoms with E-state index < -0.39 is 0 Å². The van der Waals surface area contributed by atoms with Crippen molar-refractivity contribution in [3.8, 4) is 0 Å². The third-order valence-corrected chi connectivity index (χ3v) is 1.03. The van der Waals surface area contributed by atoms with Crippen molar-refractivity contribution >= 4 is 0 Å². The molecule has 3 nitrogen and oxygen atoms in total. The Kier molecular flexibility index (Phi) is 1.94. The summed E-state index contributed by atoms with van der Waals surface area (Å²) in [7, 11) is 0. The Morgan fingerprint density at radius 3 is 3.11 bits per heavy atom. The molecule has 1 aliphatic rings. The summed E-state index contributed by atoms with van der Waals surface area (Å²) in [6.45, 7) is 0. The van der Waals surface area contributed by atoms with Gasteiger partial charge in [-0.2, -0.15) is 0 Å². The molecule has 1 radical (unpaired) electrons. The van der Waals surface area contributed by atoms with Gasteiger partial charge in [-0.15, -0.1) is 0 Å². The second-order valence-corrected chi connectivity index (χ2v) is 1.65. The molecule has 0 unspecified atom stereocenters. The highest BCUT2D eigenvalue weighted by molar-refractivity contribution is 5.24. The van der Waals surface area contributed by atoms with Crippen molar-refractivity contribution in [2.45, 2.75) is 6.42 Å². The van der Waals surface area contributed by atoms with E-state index in [1.807, 2.05) is 18.6 Å². The molecule has 0 amide bonds. The van der Waals surface area contributed by atoms with Crippen LogP contribution in [0.1, 0.15) is 6.42 Å². The molecular weight excluding hydrogens is 114 g/mol. The molecule has 1 rings (SSSR count). The maximum absolute atomic E-state index is 7.99. The maximum atomic E-state index is 7.99. The zero-order valence-corrected chi connectivity index (χ0v) is 4.86. The van der Waals surface area contributed by atoms with Gasteiger partial charge in [-0.3, -0.25) is 0 Å². The molecule has 3 heteroatoms. The van der Waals surface area contributed by atoms with Crippen LogP contribution in [0.25, 0.3) is 10.4 Å². The highest BCUT2D eigenvalue weighted by atomic mass is 15.1. The van der Waals surface area contributed by atoms with Gasteiger partial charge in [0.2, 0.25) is 0 Å². The normalized spacial score (nSPS) is 16.2. The van der Waals surface area contributed by atoms with Crippen molar-refractivity contribution in [3.63, 3.8) is 0 Å². The van der Waals surface area contributed by atoms with Gasteiger partial charge < -0.3 is 0 Å². The minimum atomic E-state index is 0.708. The van der Waals surface area contributed by atoms with E-state index in [-0.39, 0.29) is 0 Å². The quantitative estimate of drug-likeness (QED) is 0.290. The molecule has 0 atom stereocenters. The molecule has 0 aromatic carbocycles. The zero-order valence-electron chi connectivity index (χ0n) is 4.86. The highest BCUT2D eigenvalue weighted by Gasteiger charge is 1.93. The van der Waals surface area contributed by atoms with Gasteiger partial charge in [0.25, 0.3) is 0 Å². The molecule has 0 aliphatic heterocycles. The lowest BCUT2D eigenvalue weighted by molar-refractivity contribution is 1.14. The fourth-order valence-electron chi connectivity index (χ4n) is 0.628. The van der Waals surface area contributed by atoms with Crippen LogP contribution in [-0.4, -0.2) is 0 Å². The number of hydrogen-bond acceptors (Lipinski definition) is 1. The topological polar surface area (TPSA) is 48.8 Å². The molecule has 0 heterocycles. The zero-order chi connectivity index (χ0) is 6.53. The molecular formula is C6H6N3. The summed E-state index contributed by atoms with van der Waals surface area (Å²) in [6, 6.07) is 0. The van der Waals surface area contributed by atoms with Crippen LogP contribution in [0.15, 0.2) is 29.0 Å². The van der Waals surface area contributed by atoms with Crippen LogP contribution in [-0.2, 0) is 0 Å².